The largest absolute Gasteiger partial charge is 0.413 e. The number of halogens is 3. The summed E-state index contributed by atoms with van der Waals surface area (Å²) in [5.41, 5.74) is -3.35. The van der Waals surface area contributed by atoms with Crippen LogP contribution in [0.3, 0.4) is 0 Å². The van der Waals surface area contributed by atoms with E-state index in [4.69, 9.17) is 4.84 Å². The van der Waals surface area contributed by atoms with Crippen molar-refractivity contribution in [2.24, 2.45) is 0 Å². The first kappa shape index (κ1) is 16.7. The predicted molar refractivity (Wildman–Crippen MR) is 80.7 cm³/mol. The molecule has 1 unspecified atom stereocenters. The molecule has 0 aliphatic carbocycles. The van der Waals surface area contributed by atoms with Crippen LogP contribution in [0.1, 0.15) is 17.5 Å². The fraction of sp³-hybridized carbons (Fsp3) is 0.188. The zero-order valence-corrected chi connectivity index (χ0v) is 12.6. The van der Waals surface area contributed by atoms with E-state index in [0.717, 1.165) is 12.1 Å². The van der Waals surface area contributed by atoms with Crippen LogP contribution in [0.2, 0.25) is 0 Å². The van der Waals surface area contributed by atoms with Crippen molar-refractivity contribution in [2.75, 3.05) is 0 Å². The molecule has 6 nitrogen and oxygen atoms in total. The Labute approximate surface area is 139 Å². The standard InChI is InChI=1S/C16H11F3N2O4/c17-16(18,19)15(12-4-2-1-3-5-12)10-14(21(24)25-15)11-6-8-13(9-7-11)20(22)23/h1-9H,10H2. The van der Waals surface area contributed by atoms with Gasteiger partial charge in [-0.05, 0) is 17.7 Å². The third-order valence-corrected chi connectivity index (χ3v) is 3.98. The van der Waals surface area contributed by atoms with E-state index in [0.29, 0.717) is 0 Å². The molecule has 0 saturated heterocycles. The molecule has 1 aliphatic rings. The van der Waals surface area contributed by atoms with Crippen LogP contribution >= 0.6 is 0 Å². The van der Waals surface area contributed by atoms with Gasteiger partial charge in [0.25, 0.3) is 11.4 Å². The predicted octanol–water partition coefficient (Wildman–Crippen LogP) is 3.69. The first-order chi connectivity index (χ1) is 11.7. The van der Waals surface area contributed by atoms with Crippen LogP contribution in [0, 0.1) is 15.3 Å². The molecular formula is C16H11F3N2O4. The van der Waals surface area contributed by atoms with Crippen LogP contribution in [-0.4, -0.2) is 21.7 Å². The number of alkyl halides is 3. The number of nitrogens with zero attached hydrogens (tertiary/aromatic N) is 2. The minimum Gasteiger partial charge on any atom is -0.381 e. The monoisotopic (exact) mass is 352 g/mol. The number of hydrogen-bond donors (Lipinski definition) is 0. The first-order valence-corrected chi connectivity index (χ1v) is 7.14. The van der Waals surface area contributed by atoms with Crippen molar-refractivity contribution in [1.29, 1.82) is 0 Å². The van der Waals surface area contributed by atoms with Gasteiger partial charge in [-0.15, -0.1) is 0 Å². The number of hydrogen-bond acceptors (Lipinski definition) is 4. The highest BCUT2D eigenvalue weighted by molar-refractivity contribution is 5.98. The van der Waals surface area contributed by atoms with Crippen molar-refractivity contribution in [1.82, 2.24) is 0 Å². The van der Waals surface area contributed by atoms with E-state index in [1.807, 2.05) is 0 Å². The lowest BCUT2D eigenvalue weighted by Crippen LogP contribution is -2.43. The zero-order chi connectivity index (χ0) is 18.2. The second-order valence-corrected chi connectivity index (χ2v) is 5.47. The Morgan fingerprint density at radius 3 is 2.20 bits per heavy atom. The van der Waals surface area contributed by atoms with E-state index >= 15 is 0 Å². The van der Waals surface area contributed by atoms with Gasteiger partial charge in [0.15, 0.2) is 0 Å². The molecule has 3 rings (SSSR count). The Morgan fingerprint density at radius 2 is 1.68 bits per heavy atom. The van der Waals surface area contributed by atoms with Gasteiger partial charge in [-0.25, -0.2) is 0 Å². The highest BCUT2D eigenvalue weighted by Gasteiger charge is 2.62. The summed E-state index contributed by atoms with van der Waals surface area (Å²) >= 11 is 0. The van der Waals surface area contributed by atoms with Gasteiger partial charge in [0, 0.05) is 22.6 Å². The Morgan fingerprint density at radius 1 is 1.08 bits per heavy atom. The third-order valence-electron chi connectivity index (χ3n) is 3.98. The summed E-state index contributed by atoms with van der Waals surface area (Å²) in [6.07, 6.45) is -5.57. The second kappa shape index (κ2) is 5.76. The summed E-state index contributed by atoms with van der Waals surface area (Å²) in [4.78, 5) is 14.6. The van der Waals surface area contributed by atoms with Gasteiger partial charge in [-0.3, -0.25) is 15.3 Å². The fourth-order valence-electron chi connectivity index (χ4n) is 2.69. The molecule has 25 heavy (non-hydrogen) atoms. The highest BCUT2D eigenvalue weighted by atomic mass is 19.4. The molecule has 130 valence electrons. The van der Waals surface area contributed by atoms with Gasteiger partial charge in [0.2, 0.25) is 5.60 Å². The average molecular weight is 352 g/mol. The second-order valence-electron chi connectivity index (χ2n) is 5.47. The van der Waals surface area contributed by atoms with Gasteiger partial charge >= 0.3 is 6.18 Å². The molecular weight excluding hydrogens is 341 g/mol. The first-order valence-electron chi connectivity index (χ1n) is 7.14. The minimum atomic E-state index is -4.83. The lowest BCUT2D eigenvalue weighted by atomic mass is 9.86. The molecule has 0 spiro atoms. The SMILES string of the molecule is O=[N+]([O-])c1ccc(C2=[N+]([O-])OC(c3ccccc3)(C(F)(F)F)C2)cc1. The smallest absolute Gasteiger partial charge is 0.381 e. The summed E-state index contributed by atoms with van der Waals surface area (Å²) < 4.78 is 41.2. The van der Waals surface area contributed by atoms with Crippen LogP contribution in [0.15, 0.2) is 54.6 Å². The Hall–Kier alpha value is -3.10. The van der Waals surface area contributed by atoms with Crippen molar-refractivity contribution in [3.63, 3.8) is 0 Å². The number of benzene rings is 2. The van der Waals surface area contributed by atoms with Crippen LogP contribution in [0.25, 0.3) is 0 Å². The minimum absolute atomic E-state index is 0.127. The molecule has 0 N–H and O–H groups in total. The third kappa shape index (κ3) is 2.77. The maximum absolute atomic E-state index is 13.7. The Kier molecular flexibility index (Phi) is 3.86. The molecule has 1 heterocycles. The van der Waals surface area contributed by atoms with Gasteiger partial charge in [-0.2, -0.15) is 13.2 Å². The molecule has 0 fully saturated rings. The molecule has 2 aromatic carbocycles. The number of nitro groups is 1. The van der Waals surface area contributed by atoms with Gasteiger partial charge < -0.3 is 4.84 Å². The van der Waals surface area contributed by atoms with Crippen LogP contribution in [0.4, 0.5) is 18.9 Å². The Balaban J connectivity index is 2.02. The van der Waals surface area contributed by atoms with Crippen molar-refractivity contribution in [2.45, 2.75) is 18.2 Å². The van der Waals surface area contributed by atoms with E-state index in [-0.39, 0.29) is 27.4 Å². The average Bonchev–Trinajstić information content (AvgIpc) is 2.94. The molecule has 0 radical (unpaired) electrons. The van der Waals surface area contributed by atoms with E-state index in [1.165, 1.54) is 36.4 Å². The molecule has 0 saturated carbocycles. The van der Waals surface area contributed by atoms with E-state index in [9.17, 15) is 28.5 Å². The topological polar surface area (TPSA) is 78.4 Å². The van der Waals surface area contributed by atoms with Crippen LogP contribution in [-0.2, 0) is 10.4 Å². The molecule has 0 bridgehead atoms. The lowest BCUT2D eigenvalue weighted by molar-refractivity contribution is -0.764. The van der Waals surface area contributed by atoms with Crippen molar-refractivity contribution >= 4 is 11.4 Å². The number of non-ortho nitro benzene ring substituents is 1. The summed E-state index contributed by atoms with van der Waals surface area (Å²) in [6, 6.07) is 11.5. The quantitative estimate of drug-likeness (QED) is 0.479. The normalized spacial score (nSPS) is 20.4. The van der Waals surface area contributed by atoms with Crippen molar-refractivity contribution in [3.8, 4) is 0 Å². The van der Waals surface area contributed by atoms with Crippen LogP contribution < -0.4 is 0 Å². The summed E-state index contributed by atoms with van der Waals surface area (Å²) in [6.45, 7) is 0. The van der Waals surface area contributed by atoms with Gasteiger partial charge in [-0.1, -0.05) is 30.3 Å². The molecule has 1 aliphatic heterocycles. The fourth-order valence-corrected chi connectivity index (χ4v) is 2.69. The van der Waals surface area contributed by atoms with Crippen molar-refractivity contribution < 1.29 is 27.8 Å². The van der Waals surface area contributed by atoms with Crippen molar-refractivity contribution in [3.05, 3.63) is 81.0 Å². The molecule has 9 heteroatoms. The summed E-state index contributed by atoms with van der Waals surface area (Å²) in [7, 11) is 0. The van der Waals surface area contributed by atoms with Gasteiger partial charge in [0.05, 0.1) is 11.3 Å². The summed E-state index contributed by atoms with van der Waals surface area (Å²) in [5, 5.41) is 22.7. The summed E-state index contributed by atoms with van der Waals surface area (Å²) in [5.74, 6) is 0. The zero-order valence-electron chi connectivity index (χ0n) is 12.6. The molecule has 0 amide bonds. The lowest BCUT2D eigenvalue weighted by Gasteiger charge is -2.32. The number of rotatable bonds is 3. The highest BCUT2D eigenvalue weighted by Crippen LogP contribution is 2.48. The number of nitro benzene ring substituents is 1. The van der Waals surface area contributed by atoms with Crippen LogP contribution in [0.5, 0.6) is 0 Å². The maximum atomic E-state index is 13.7. The Bertz CT molecular complexity index is 835. The van der Waals surface area contributed by atoms with E-state index < -0.39 is 23.1 Å². The van der Waals surface area contributed by atoms with Gasteiger partial charge in [0.1, 0.15) is 0 Å². The van der Waals surface area contributed by atoms with E-state index in [1.54, 1.807) is 6.07 Å². The molecule has 2 aromatic rings. The molecule has 0 aromatic heterocycles. The van der Waals surface area contributed by atoms with E-state index in [2.05, 4.69) is 0 Å². The maximum Gasteiger partial charge on any atom is 0.413 e. The molecule has 1 atom stereocenters.